The highest BCUT2D eigenvalue weighted by Crippen LogP contribution is 2.41. The Balaban J connectivity index is 1.28. The molecule has 0 radical (unpaired) electrons. The van der Waals surface area contributed by atoms with Crippen molar-refractivity contribution in [1.82, 2.24) is 15.1 Å². The summed E-state index contributed by atoms with van der Waals surface area (Å²) >= 11 is 12.8. The lowest BCUT2D eigenvalue weighted by atomic mass is 9.70. The van der Waals surface area contributed by atoms with E-state index in [1.54, 1.807) is 0 Å². The molecular formula is C33H39Cl2N3O. The third-order valence-corrected chi connectivity index (χ3v) is 9.80. The van der Waals surface area contributed by atoms with Crippen molar-refractivity contribution in [3.63, 3.8) is 0 Å². The minimum Gasteiger partial charge on any atom is -0.338 e. The molecule has 3 aromatic rings. The van der Waals surface area contributed by atoms with E-state index in [0.717, 1.165) is 70.3 Å². The van der Waals surface area contributed by atoms with E-state index < -0.39 is 0 Å². The largest absolute Gasteiger partial charge is 0.338 e. The Labute approximate surface area is 243 Å². The number of halogens is 2. The first-order valence-corrected chi connectivity index (χ1v) is 15.0. The second kappa shape index (κ2) is 12.4. The van der Waals surface area contributed by atoms with E-state index in [0.29, 0.717) is 16.6 Å². The predicted octanol–water partition coefficient (Wildman–Crippen LogP) is 7.16. The van der Waals surface area contributed by atoms with Crippen molar-refractivity contribution < 1.29 is 4.79 Å². The number of hydrogen-bond donors (Lipinski definition) is 1. The Morgan fingerprint density at radius 3 is 2.21 bits per heavy atom. The second-order valence-electron chi connectivity index (χ2n) is 11.2. The second-order valence-corrected chi connectivity index (χ2v) is 12.1. The molecule has 2 saturated heterocycles. The molecule has 3 aromatic carbocycles. The molecule has 1 amide bonds. The van der Waals surface area contributed by atoms with Crippen LogP contribution in [0.5, 0.6) is 0 Å². The first-order chi connectivity index (χ1) is 18.9. The summed E-state index contributed by atoms with van der Waals surface area (Å²) < 4.78 is 0. The number of rotatable bonds is 8. The van der Waals surface area contributed by atoms with Gasteiger partial charge in [-0.05, 0) is 87.5 Å². The molecule has 39 heavy (non-hydrogen) atoms. The summed E-state index contributed by atoms with van der Waals surface area (Å²) in [4.78, 5) is 18.1. The van der Waals surface area contributed by atoms with E-state index in [9.17, 15) is 4.79 Å². The molecule has 4 nitrogen and oxygen atoms in total. The topological polar surface area (TPSA) is 35.6 Å². The summed E-state index contributed by atoms with van der Waals surface area (Å²) in [6, 6.07) is 26.6. The summed E-state index contributed by atoms with van der Waals surface area (Å²) in [7, 11) is 2.09. The van der Waals surface area contributed by atoms with Gasteiger partial charge in [0.15, 0.2) is 0 Å². The zero-order chi connectivity index (χ0) is 27.3. The highest BCUT2D eigenvalue weighted by Gasteiger charge is 2.39. The monoisotopic (exact) mass is 563 g/mol. The summed E-state index contributed by atoms with van der Waals surface area (Å²) in [6.45, 7) is 4.70. The number of nitrogens with one attached hydrogen (secondary N) is 1. The van der Waals surface area contributed by atoms with Crippen molar-refractivity contribution in [3.8, 4) is 0 Å². The van der Waals surface area contributed by atoms with Crippen LogP contribution >= 0.6 is 23.2 Å². The summed E-state index contributed by atoms with van der Waals surface area (Å²) in [5, 5.41) is 4.80. The number of carbonyl (C=O) groups excluding carboxylic acids is 1. The van der Waals surface area contributed by atoms with E-state index in [1.807, 2.05) is 47.4 Å². The molecule has 6 heteroatoms. The maximum Gasteiger partial charge on any atom is 0.253 e. The number of nitrogens with zero attached hydrogens (tertiary/aromatic N) is 2. The molecule has 0 saturated carbocycles. The van der Waals surface area contributed by atoms with Crippen LogP contribution in [0, 0.1) is 0 Å². The zero-order valence-corrected chi connectivity index (χ0v) is 24.4. The van der Waals surface area contributed by atoms with Gasteiger partial charge in [-0.2, -0.15) is 0 Å². The first kappa shape index (κ1) is 28.2. The van der Waals surface area contributed by atoms with Crippen molar-refractivity contribution in [2.24, 2.45) is 0 Å². The van der Waals surface area contributed by atoms with Crippen LogP contribution in [0.15, 0.2) is 78.9 Å². The molecular weight excluding hydrogens is 525 g/mol. The van der Waals surface area contributed by atoms with Gasteiger partial charge in [-0.1, -0.05) is 77.8 Å². The molecule has 1 atom stereocenters. The minimum absolute atomic E-state index is 0.0563. The van der Waals surface area contributed by atoms with E-state index in [2.05, 4.69) is 53.7 Å². The number of amides is 1. The van der Waals surface area contributed by atoms with Crippen LogP contribution < -0.4 is 5.32 Å². The van der Waals surface area contributed by atoms with Gasteiger partial charge in [-0.25, -0.2) is 0 Å². The van der Waals surface area contributed by atoms with Gasteiger partial charge in [0.1, 0.15) is 0 Å². The predicted molar refractivity (Wildman–Crippen MR) is 162 cm³/mol. The lowest BCUT2D eigenvalue weighted by molar-refractivity contribution is 0.0616. The van der Waals surface area contributed by atoms with Gasteiger partial charge in [0.05, 0.1) is 10.0 Å². The Morgan fingerprint density at radius 2 is 1.54 bits per heavy atom. The van der Waals surface area contributed by atoms with Crippen molar-refractivity contribution in [3.05, 3.63) is 106 Å². The highest BCUT2D eigenvalue weighted by atomic mass is 35.5. The number of likely N-dealkylation sites (tertiary alicyclic amines) is 2. The maximum absolute atomic E-state index is 13.4. The molecule has 0 bridgehead atoms. The average molecular weight is 565 g/mol. The Kier molecular flexibility index (Phi) is 8.98. The molecule has 206 valence electrons. The van der Waals surface area contributed by atoms with Crippen LogP contribution in [-0.2, 0) is 11.0 Å². The van der Waals surface area contributed by atoms with E-state index in [-0.39, 0.29) is 16.9 Å². The van der Waals surface area contributed by atoms with Gasteiger partial charge in [0, 0.05) is 42.7 Å². The van der Waals surface area contributed by atoms with Gasteiger partial charge in [0.25, 0.3) is 5.91 Å². The molecule has 0 unspecified atom stereocenters. The van der Waals surface area contributed by atoms with Crippen molar-refractivity contribution in [1.29, 1.82) is 0 Å². The highest BCUT2D eigenvalue weighted by molar-refractivity contribution is 6.42. The van der Waals surface area contributed by atoms with Crippen molar-refractivity contribution >= 4 is 29.1 Å². The van der Waals surface area contributed by atoms with Gasteiger partial charge in [0.2, 0.25) is 0 Å². The van der Waals surface area contributed by atoms with Crippen molar-refractivity contribution in [2.45, 2.75) is 49.5 Å². The Morgan fingerprint density at radius 1 is 0.846 bits per heavy atom. The lowest BCUT2D eigenvalue weighted by Crippen LogP contribution is -2.50. The molecule has 2 fully saturated rings. The third kappa shape index (κ3) is 6.20. The molecule has 2 aliphatic rings. The standard InChI is InChI=1S/C33H39Cl2N3O/c1-36-33(27-12-6-3-7-13-27)18-22-37(23-19-33)20-8-16-32(28-14-15-29(34)30(35)24-28)17-9-21-38(25-32)31(39)26-10-4-2-5-11-26/h2-7,10-15,24,36H,8-9,16-23,25H2,1H3/t32-/m0/s1. The minimum atomic E-state index is -0.133. The quantitative estimate of drug-likeness (QED) is 0.316. The fourth-order valence-electron chi connectivity index (χ4n) is 6.72. The van der Waals surface area contributed by atoms with Crippen molar-refractivity contribution in [2.75, 3.05) is 39.8 Å². The van der Waals surface area contributed by atoms with Gasteiger partial charge in [-0.3, -0.25) is 4.79 Å². The molecule has 0 aromatic heterocycles. The van der Waals surface area contributed by atoms with Gasteiger partial charge < -0.3 is 15.1 Å². The zero-order valence-electron chi connectivity index (χ0n) is 22.8. The molecule has 1 N–H and O–H groups in total. The summed E-state index contributed by atoms with van der Waals surface area (Å²) in [6.07, 6.45) is 6.31. The fraction of sp³-hybridized carbons (Fsp3) is 0.424. The molecule has 2 aliphatic heterocycles. The smallest absolute Gasteiger partial charge is 0.253 e. The average Bonchev–Trinajstić information content (AvgIpc) is 2.99. The van der Waals surface area contributed by atoms with E-state index in [1.165, 1.54) is 11.1 Å². The maximum atomic E-state index is 13.4. The number of carbonyl (C=O) groups is 1. The van der Waals surface area contributed by atoms with Gasteiger partial charge in [-0.15, -0.1) is 0 Å². The molecule has 5 rings (SSSR count). The lowest BCUT2D eigenvalue weighted by Gasteiger charge is -2.45. The molecule has 0 aliphatic carbocycles. The number of piperidine rings is 2. The third-order valence-electron chi connectivity index (χ3n) is 9.06. The molecule has 2 heterocycles. The van der Waals surface area contributed by atoms with Crippen LogP contribution in [0.3, 0.4) is 0 Å². The normalized spacial score (nSPS) is 21.6. The van der Waals surface area contributed by atoms with E-state index in [4.69, 9.17) is 23.2 Å². The fourth-order valence-corrected chi connectivity index (χ4v) is 7.02. The number of hydrogen-bond acceptors (Lipinski definition) is 3. The molecule has 0 spiro atoms. The van der Waals surface area contributed by atoms with Crippen LogP contribution in [0.25, 0.3) is 0 Å². The van der Waals surface area contributed by atoms with Crippen LogP contribution in [-0.4, -0.2) is 55.5 Å². The summed E-state index contributed by atoms with van der Waals surface area (Å²) in [5.74, 6) is 0.111. The van der Waals surface area contributed by atoms with Gasteiger partial charge >= 0.3 is 0 Å². The van der Waals surface area contributed by atoms with Crippen LogP contribution in [0.2, 0.25) is 10.0 Å². The van der Waals surface area contributed by atoms with Crippen LogP contribution in [0.1, 0.15) is 60.0 Å². The van der Waals surface area contributed by atoms with E-state index >= 15 is 0 Å². The van der Waals surface area contributed by atoms with Crippen LogP contribution in [0.4, 0.5) is 0 Å². The SMILES string of the molecule is CNC1(c2ccccc2)CCN(CCC[C@]2(c3ccc(Cl)c(Cl)c3)CCCN(C(=O)c3ccccc3)C2)CC1. The summed E-state index contributed by atoms with van der Waals surface area (Å²) in [5.41, 5.74) is 3.25. The Bertz CT molecular complexity index is 1240. The Hall–Kier alpha value is -2.37. The number of benzene rings is 3. The first-order valence-electron chi connectivity index (χ1n) is 14.2.